The van der Waals surface area contributed by atoms with Gasteiger partial charge < -0.3 is 15.7 Å². The SMILES string of the molecule is CC(C(=O)O)N1CCN=C1N. The lowest BCUT2D eigenvalue weighted by Crippen LogP contribution is -2.44. The molecule has 1 atom stereocenters. The Hall–Kier alpha value is -1.26. The lowest BCUT2D eigenvalue weighted by atomic mass is 10.3. The fraction of sp³-hybridized carbons (Fsp3) is 0.667. The number of carbonyl (C=O) groups is 1. The van der Waals surface area contributed by atoms with E-state index in [2.05, 4.69) is 4.99 Å². The summed E-state index contributed by atoms with van der Waals surface area (Å²) in [7, 11) is 0. The number of aliphatic imine (C=N–C) groups is 1. The number of aliphatic carboxylic acids is 1. The molecule has 0 radical (unpaired) electrons. The minimum absolute atomic E-state index is 0.333. The molecule has 0 aromatic heterocycles. The van der Waals surface area contributed by atoms with Crippen molar-refractivity contribution in [3.63, 3.8) is 0 Å². The van der Waals surface area contributed by atoms with Crippen molar-refractivity contribution in [2.75, 3.05) is 13.1 Å². The molecule has 0 amide bonds. The summed E-state index contributed by atoms with van der Waals surface area (Å²) in [6.45, 7) is 2.80. The quantitative estimate of drug-likeness (QED) is 0.544. The fourth-order valence-electron chi connectivity index (χ4n) is 1.00. The third-order valence-corrected chi connectivity index (χ3v) is 1.73. The average molecular weight is 157 g/mol. The van der Waals surface area contributed by atoms with E-state index in [4.69, 9.17) is 10.8 Å². The molecule has 3 N–H and O–H groups in total. The Morgan fingerprint density at radius 2 is 2.55 bits per heavy atom. The molecule has 0 aliphatic carbocycles. The molecule has 5 nitrogen and oxygen atoms in total. The Morgan fingerprint density at radius 1 is 1.91 bits per heavy atom. The first kappa shape index (κ1) is 7.84. The molecule has 0 aromatic carbocycles. The Balaban J connectivity index is 2.61. The van der Waals surface area contributed by atoms with Gasteiger partial charge in [-0.25, -0.2) is 4.79 Å². The highest BCUT2D eigenvalue weighted by molar-refractivity contribution is 5.85. The predicted octanol–water partition coefficient (Wildman–Crippen LogP) is -0.910. The van der Waals surface area contributed by atoms with Gasteiger partial charge in [-0.3, -0.25) is 4.99 Å². The maximum atomic E-state index is 10.5. The van der Waals surface area contributed by atoms with Gasteiger partial charge in [-0.05, 0) is 6.92 Å². The van der Waals surface area contributed by atoms with Gasteiger partial charge in [-0.15, -0.1) is 0 Å². The number of nitrogens with zero attached hydrogens (tertiary/aromatic N) is 2. The molecule has 0 spiro atoms. The zero-order chi connectivity index (χ0) is 8.43. The van der Waals surface area contributed by atoms with Crippen molar-refractivity contribution in [3.05, 3.63) is 0 Å². The van der Waals surface area contributed by atoms with Gasteiger partial charge in [0.15, 0.2) is 5.96 Å². The van der Waals surface area contributed by atoms with Crippen LogP contribution in [-0.2, 0) is 4.79 Å². The number of rotatable bonds is 2. The van der Waals surface area contributed by atoms with Crippen LogP contribution in [0.15, 0.2) is 4.99 Å². The Labute approximate surface area is 64.5 Å². The van der Waals surface area contributed by atoms with E-state index in [9.17, 15) is 4.79 Å². The standard InChI is InChI=1S/C6H11N3O2/c1-4(5(10)11)9-3-2-8-6(9)7/h4H,2-3H2,1H3,(H2,7,8)(H,10,11). The second-order valence-corrected chi connectivity index (χ2v) is 2.45. The summed E-state index contributed by atoms with van der Waals surface area (Å²) in [4.78, 5) is 15.9. The van der Waals surface area contributed by atoms with Crippen LogP contribution in [0, 0.1) is 0 Å². The highest BCUT2D eigenvalue weighted by atomic mass is 16.4. The molecule has 0 bridgehead atoms. The van der Waals surface area contributed by atoms with E-state index in [1.54, 1.807) is 11.8 Å². The first-order valence-electron chi connectivity index (χ1n) is 3.42. The number of carboxylic acids is 1. The van der Waals surface area contributed by atoms with E-state index < -0.39 is 12.0 Å². The molecule has 1 heterocycles. The zero-order valence-electron chi connectivity index (χ0n) is 6.32. The molecule has 62 valence electrons. The second-order valence-electron chi connectivity index (χ2n) is 2.45. The molecule has 0 saturated heterocycles. The van der Waals surface area contributed by atoms with Crippen LogP contribution in [0.2, 0.25) is 0 Å². The molecule has 0 saturated carbocycles. The van der Waals surface area contributed by atoms with Crippen LogP contribution in [0.4, 0.5) is 0 Å². The minimum Gasteiger partial charge on any atom is -0.480 e. The van der Waals surface area contributed by atoms with Gasteiger partial charge in [-0.1, -0.05) is 0 Å². The molecule has 1 unspecified atom stereocenters. The molecule has 1 aliphatic rings. The van der Waals surface area contributed by atoms with Crippen molar-refractivity contribution in [1.29, 1.82) is 0 Å². The van der Waals surface area contributed by atoms with Gasteiger partial charge in [0.1, 0.15) is 6.04 Å². The van der Waals surface area contributed by atoms with Crippen LogP contribution in [0.3, 0.4) is 0 Å². The fourth-order valence-corrected chi connectivity index (χ4v) is 1.00. The van der Waals surface area contributed by atoms with Gasteiger partial charge in [0.05, 0.1) is 6.54 Å². The summed E-state index contributed by atoms with van der Waals surface area (Å²) in [6.07, 6.45) is 0. The van der Waals surface area contributed by atoms with Crippen LogP contribution in [-0.4, -0.2) is 41.1 Å². The number of carboxylic acid groups (broad SMARTS) is 1. The minimum atomic E-state index is -0.870. The number of hydrogen-bond donors (Lipinski definition) is 2. The second kappa shape index (κ2) is 2.77. The topological polar surface area (TPSA) is 78.9 Å². The van der Waals surface area contributed by atoms with Crippen LogP contribution < -0.4 is 5.73 Å². The summed E-state index contributed by atoms with van der Waals surface area (Å²) < 4.78 is 0. The van der Waals surface area contributed by atoms with Gasteiger partial charge in [0, 0.05) is 6.54 Å². The number of hydrogen-bond acceptors (Lipinski definition) is 4. The van der Waals surface area contributed by atoms with Crippen LogP contribution in [0.25, 0.3) is 0 Å². The highest BCUT2D eigenvalue weighted by Crippen LogP contribution is 2.03. The van der Waals surface area contributed by atoms with Gasteiger partial charge in [0.25, 0.3) is 0 Å². The van der Waals surface area contributed by atoms with Gasteiger partial charge in [0.2, 0.25) is 0 Å². The van der Waals surface area contributed by atoms with E-state index in [1.807, 2.05) is 0 Å². The van der Waals surface area contributed by atoms with E-state index in [0.717, 1.165) is 0 Å². The van der Waals surface area contributed by atoms with E-state index in [1.165, 1.54) is 0 Å². The Bertz CT molecular complexity index is 202. The zero-order valence-corrected chi connectivity index (χ0v) is 6.32. The van der Waals surface area contributed by atoms with Crippen molar-refractivity contribution in [2.24, 2.45) is 10.7 Å². The van der Waals surface area contributed by atoms with Crippen molar-refractivity contribution in [2.45, 2.75) is 13.0 Å². The average Bonchev–Trinajstić information content (AvgIpc) is 2.33. The normalized spacial score (nSPS) is 19.7. The molecule has 1 aliphatic heterocycles. The van der Waals surface area contributed by atoms with Crippen LogP contribution in [0.5, 0.6) is 0 Å². The first-order chi connectivity index (χ1) is 5.13. The summed E-state index contributed by atoms with van der Waals surface area (Å²) in [5.41, 5.74) is 5.43. The van der Waals surface area contributed by atoms with Gasteiger partial charge in [-0.2, -0.15) is 0 Å². The molecule has 0 aromatic rings. The van der Waals surface area contributed by atoms with Crippen molar-refractivity contribution < 1.29 is 9.90 Å². The third-order valence-electron chi connectivity index (χ3n) is 1.73. The molecular weight excluding hydrogens is 146 g/mol. The lowest BCUT2D eigenvalue weighted by molar-refractivity contribution is -0.141. The van der Waals surface area contributed by atoms with E-state index >= 15 is 0 Å². The third kappa shape index (κ3) is 1.42. The summed E-state index contributed by atoms with van der Waals surface area (Å²) in [5.74, 6) is -0.537. The maximum absolute atomic E-state index is 10.5. The molecule has 1 rings (SSSR count). The monoisotopic (exact) mass is 157 g/mol. The molecule has 5 heteroatoms. The maximum Gasteiger partial charge on any atom is 0.326 e. The number of guanidine groups is 1. The van der Waals surface area contributed by atoms with Crippen molar-refractivity contribution in [3.8, 4) is 0 Å². The highest BCUT2D eigenvalue weighted by Gasteiger charge is 2.24. The summed E-state index contributed by atoms with van der Waals surface area (Å²) in [5, 5.41) is 8.61. The van der Waals surface area contributed by atoms with Gasteiger partial charge >= 0.3 is 5.97 Å². The van der Waals surface area contributed by atoms with E-state index in [0.29, 0.717) is 19.0 Å². The van der Waals surface area contributed by atoms with Crippen molar-refractivity contribution in [1.82, 2.24) is 4.90 Å². The van der Waals surface area contributed by atoms with Crippen LogP contribution >= 0.6 is 0 Å². The summed E-state index contributed by atoms with van der Waals surface area (Å²) in [6, 6.07) is -0.568. The lowest BCUT2D eigenvalue weighted by Gasteiger charge is -2.21. The Kier molecular flexibility index (Phi) is 1.98. The predicted molar refractivity (Wildman–Crippen MR) is 40.3 cm³/mol. The smallest absolute Gasteiger partial charge is 0.326 e. The largest absolute Gasteiger partial charge is 0.480 e. The molecule has 0 fully saturated rings. The molecule has 11 heavy (non-hydrogen) atoms. The van der Waals surface area contributed by atoms with Crippen molar-refractivity contribution >= 4 is 11.9 Å². The van der Waals surface area contributed by atoms with Crippen LogP contribution in [0.1, 0.15) is 6.92 Å². The molecular formula is C6H11N3O2. The first-order valence-corrected chi connectivity index (χ1v) is 3.42. The van der Waals surface area contributed by atoms with E-state index in [-0.39, 0.29) is 0 Å². The Morgan fingerprint density at radius 3 is 2.91 bits per heavy atom. The summed E-state index contributed by atoms with van der Waals surface area (Å²) >= 11 is 0. The number of nitrogens with two attached hydrogens (primary N) is 1.